The molecule has 281 valence electrons. The van der Waals surface area contributed by atoms with E-state index >= 15 is 0 Å². The largest absolute Gasteiger partial charge is 2.00 e. The molecule has 2 saturated carbocycles. The van der Waals surface area contributed by atoms with Gasteiger partial charge in [-0.15, -0.1) is 0 Å². The smallest absolute Gasteiger partial charge is 0.550 e. The number of carbonyl (C=O) groups is 2. The van der Waals surface area contributed by atoms with E-state index in [1.165, 1.54) is 64.2 Å². The Morgan fingerprint density at radius 1 is 0.585 bits per heavy atom. The summed E-state index contributed by atoms with van der Waals surface area (Å²) in [5.74, 6) is -0.0256. The molecule has 6 heterocycles. The summed E-state index contributed by atoms with van der Waals surface area (Å²) in [7, 11) is 0. The standard InChI is InChI=1S/2C18H20N4.2C2H4O2.Cu/c2*1-2-8-14(9-3-1)20-18-17(15-10-4-6-12-19-15)21-16-11-5-7-13-22(16)18;2*1-2(3)4;/h2*4-7,10-14,20H,1-3,8-9H2;2*1H3,(H,3,4);/q;;;;+2/p-2. The fraction of sp³-hybridized carbons (Fsp3) is 0.350. The van der Waals surface area contributed by atoms with Crippen molar-refractivity contribution in [2.75, 3.05) is 10.6 Å². The number of carbonyl (C=O) groups excluding carboxylic acids is 2. The molecule has 13 heteroatoms. The summed E-state index contributed by atoms with van der Waals surface area (Å²) in [4.78, 5) is 36.3. The van der Waals surface area contributed by atoms with Crippen molar-refractivity contribution in [1.82, 2.24) is 28.7 Å². The molecule has 0 spiro atoms. The third-order valence-electron chi connectivity index (χ3n) is 8.77. The van der Waals surface area contributed by atoms with Crippen molar-refractivity contribution in [3.05, 3.63) is 97.6 Å². The molecule has 8 rings (SSSR count). The zero-order chi connectivity index (χ0) is 36.7. The Labute approximate surface area is 320 Å². The summed E-state index contributed by atoms with van der Waals surface area (Å²) in [6, 6.07) is 25.2. The summed E-state index contributed by atoms with van der Waals surface area (Å²) >= 11 is 0. The van der Waals surface area contributed by atoms with Crippen molar-refractivity contribution in [3.8, 4) is 22.8 Å². The quantitative estimate of drug-likeness (QED) is 0.198. The van der Waals surface area contributed by atoms with Gasteiger partial charge in [-0.1, -0.05) is 62.8 Å². The molecule has 0 unspecified atom stereocenters. The number of rotatable bonds is 6. The number of aliphatic carboxylic acids is 2. The first-order chi connectivity index (χ1) is 25.3. The number of hydrogen-bond acceptors (Lipinski definition) is 10. The molecule has 2 fully saturated rings. The second-order valence-corrected chi connectivity index (χ2v) is 12.8. The molecular formula is C40H46CuN8O4. The first kappa shape index (κ1) is 40.5. The van der Waals surface area contributed by atoms with E-state index < -0.39 is 11.9 Å². The van der Waals surface area contributed by atoms with Crippen LogP contribution in [0.1, 0.15) is 78.1 Å². The number of carboxylic acid groups (broad SMARTS) is 2. The van der Waals surface area contributed by atoms with E-state index in [0.29, 0.717) is 12.1 Å². The van der Waals surface area contributed by atoms with Crippen LogP contribution >= 0.6 is 0 Å². The van der Waals surface area contributed by atoms with Gasteiger partial charge in [0, 0.05) is 48.8 Å². The van der Waals surface area contributed by atoms with Gasteiger partial charge in [0.25, 0.3) is 0 Å². The normalized spacial score (nSPS) is 14.2. The number of hydrogen-bond donors (Lipinski definition) is 2. The molecule has 2 aliphatic carbocycles. The fourth-order valence-corrected chi connectivity index (χ4v) is 6.51. The van der Waals surface area contributed by atoms with Gasteiger partial charge in [0.05, 0.1) is 11.4 Å². The van der Waals surface area contributed by atoms with Gasteiger partial charge >= 0.3 is 17.1 Å². The van der Waals surface area contributed by atoms with Crippen molar-refractivity contribution < 1.29 is 36.9 Å². The van der Waals surface area contributed by atoms with E-state index in [4.69, 9.17) is 29.8 Å². The average molecular weight is 766 g/mol. The number of carboxylic acids is 2. The van der Waals surface area contributed by atoms with E-state index in [-0.39, 0.29) is 17.1 Å². The molecule has 12 nitrogen and oxygen atoms in total. The average Bonchev–Trinajstić information content (AvgIpc) is 3.71. The second-order valence-electron chi connectivity index (χ2n) is 12.8. The minimum atomic E-state index is -1.08. The SMILES string of the molecule is CC(=O)[O-].CC(=O)[O-].[Cu+2].c1ccc(-c2nc3ccccn3c2NC2CCCCC2)nc1.c1ccc(-c2nc3ccccn3c2NC2CCCCC2)nc1. The van der Waals surface area contributed by atoms with Gasteiger partial charge in [-0.3, -0.25) is 18.8 Å². The number of anilines is 2. The fourth-order valence-electron chi connectivity index (χ4n) is 6.51. The summed E-state index contributed by atoms with van der Waals surface area (Å²) in [5.41, 5.74) is 5.65. The van der Waals surface area contributed by atoms with Gasteiger partial charge in [-0.2, -0.15) is 0 Å². The number of nitrogens with zero attached hydrogens (tertiary/aromatic N) is 6. The van der Waals surface area contributed by atoms with Crippen LogP contribution in [0.25, 0.3) is 34.1 Å². The molecule has 53 heavy (non-hydrogen) atoms. The molecule has 2 N–H and O–H groups in total. The zero-order valence-electron chi connectivity index (χ0n) is 30.1. The van der Waals surface area contributed by atoms with Crippen molar-refractivity contribution in [3.63, 3.8) is 0 Å². The molecule has 0 aliphatic heterocycles. The summed E-state index contributed by atoms with van der Waals surface area (Å²) in [5, 5.41) is 25.2. The topological polar surface area (TPSA) is 165 Å². The van der Waals surface area contributed by atoms with Crippen LogP contribution in [0.5, 0.6) is 0 Å². The molecule has 0 amide bonds. The Hall–Kier alpha value is -5.26. The predicted octanol–water partition coefficient (Wildman–Crippen LogP) is 5.79. The Kier molecular flexibility index (Phi) is 15.8. The Balaban J connectivity index is 0.000000194. The maximum absolute atomic E-state index is 8.89. The second kappa shape index (κ2) is 20.7. The van der Waals surface area contributed by atoms with Crippen molar-refractivity contribution in [1.29, 1.82) is 0 Å². The molecule has 6 aromatic heterocycles. The molecule has 0 bridgehead atoms. The van der Waals surface area contributed by atoms with Gasteiger partial charge in [-0.25, -0.2) is 9.97 Å². The van der Waals surface area contributed by atoms with Crippen LogP contribution in [0.2, 0.25) is 0 Å². The molecule has 2 aliphatic rings. The zero-order valence-corrected chi connectivity index (χ0v) is 31.0. The summed E-state index contributed by atoms with van der Waals surface area (Å²) in [6.45, 7) is 1.94. The molecule has 1 radical (unpaired) electrons. The molecular weight excluding hydrogens is 720 g/mol. The maximum Gasteiger partial charge on any atom is 2.00 e. The van der Waals surface area contributed by atoms with Gasteiger partial charge in [-0.05, 0) is 88.1 Å². The van der Waals surface area contributed by atoms with Crippen LogP contribution in [0.4, 0.5) is 11.6 Å². The Bertz CT molecular complexity index is 1850. The van der Waals surface area contributed by atoms with Gasteiger partial charge in [0.1, 0.15) is 34.3 Å². The van der Waals surface area contributed by atoms with Gasteiger partial charge in [0.2, 0.25) is 0 Å². The molecule has 6 aromatic rings. The van der Waals surface area contributed by atoms with Crippen molar-refractivity contribution in [2.24, 2.45) is 0 Å². The third-order valence-corrected chi connectivity index (χ3v) is 8.77. The van der Waals surface area contributed by atoms with Crippen LogP contribution in [-0.2, 0) is 26.7 Å². The number of fused-ring (bicyclic) bond motifs is 2. The van der Waals surface area contributed by atoms with Crippen molar-refractivity contribution in [2.45, 2.75) is 90.1 Å². The minimum Gasteiger partial charge on any atom is -0.550 e. The van der Waals surface area contributed by atoms with E-state index in [1.54, 1.807) is 0 Å². The molecule has 0 saturated heterocycles. The van der Waals surface area contributed by atoms with Crippen LogP contribution in [0, 0.1) is 0 Å². The van der Waals surface area contributed by atoms with Crippen LogP contribution in [0.15, 0.2) is 97.6 Å². The first-order valence-electron chi connectivity index (χ1n) is 18.0. The molecule has 0 aromatic carbocycles. The molecule has 0 atom stereocenters. The van der Waals surface area contributed by atoms with Crippen LogP contribution in [-0.4, -0.2) is 52.8 Å². The number of aromatic nitrogens is 6. The maximum atomic E-state index is 8.89. The van der Waals surface area contributed by atoms with E-state index in [0.717, 1.165) is 59.6 Å². The van der Waals surface area contributed by atoms with Gasteiger partial charge in [0.15, 0.2) is 0 Å². The number of pyridine rings is 4. The minimum absolute atomic E-state index is 0. The summed E-state index contributed by atoms with van der Waals surface area (Å²) < 4.78 is 4.28. The van der Waals surface area contributed by atoms with Crippen LogP contribution < -0.4 is 20.8 Å². The number of nitrogens with one attached hydrogen (secondary N) is 2. The monoisotopic (exact) mass is 765 g/mol. The Morgan fingerprint density at radius 2 is 0.943 bits per heavy atom. The number of imidazole rings is 2. The third kappa shape index (κ3) is 11.9. The van der Waals surface area contributed by atoms with Gasteiger partial charge < -0.3 is 30.4 Å². The first-order valence-corrected chi connectivity index (χ1v) is 18.0. The Morgan fingerprint density at radius 3 is 1.28 bits per heavy atom. The summed E-state index contributed by atoms with van der Waals surface area (Å²) in [6.07, 6.45) is 20.7. The van der Waals surface area contributed by atoms with E-state index in [9.17, 15) is 0 Å². The van der Waals surface area contributed by atoms with Crippen LogP contribution in [0.3, 0.4) is 0 Å². The van der Waals surface area contributed by atoms with E-state index in [2.05, 4.69) is 41.8 Å². The van der Waals surface area contributed by atoms with E-state index in [1.807, 2.05) is 85.2 Å². The van der Waals surface area contributed by atoms with Crippen molar-refractivity contribution >= 4 is 34.9 Å². The predicted molar refractivity (Wildman–Crippen MR) is 199 cm³/mol.